The molecular weight excluding hydrogens is 224 g/mol. The van der Waals surface area contributed by atoms with E-state index in [-0.39, 0.29) is 11.8 Å². The first-order chi connectivity index (χ1) is 7.21. The fraction of sp³-hybridized carbons (Fsp3) is 0.909. The van der Waals surface area contributed by atoms with Crippen LogP contribution in [0.5, 0.6) is 0 Å². The number of hydrogen-bond acceptors (Lipinski definition) is 3. The van der Waals surface area contributed by atoms with Gasteiger partial charge < -0.3 is 0 Å². The highest BCUT2D eigenvalue weighted by atomic mass is 32.2. The molecule has 4 nitrogen and oxygen atoms in total. The molecule has 1 atom stereocenters. The Hall–Kier alpha value is -0.600. The van der Waals surface area contributed by atoms with E-state index in [4.69, 9.17) is 5.26 Å². The summed E-state index contributed by atoms with van der Waals surface area (Å²) in [5.74, 6) is 0.527. The van der Waals surface area contributed by atoms with Crippen LogP contribution in [0.15, 0.2) is 0 Å². The van der Waals surface area contributed by atoms with Crippen LogP contribution in [0.2, 0.25) is 0 Å². The van der Waals surface area contributed by atoms with Gasteiger partial charge in [-0.1, -0.05) is 27.7 Å². The van der Waals surface area contributed by atoms with E-state index in [1.165, 1.54) is 11.2 Å². The van der Waals surface area contributed by atoms with Gasteiger partial charge in [-0.15, -0.1) is 0 Å². The first kappa shape index (κ1) is 15.4. The minimum absolute atomic E-state index is 0.263. The van der Waals surface area contributed by atoms with Crippen LogP contribution < -0.4 is 0 Å². The second-order valence-corrected chi connectivity index (χ2v) is 7.17. The Morgan fingerprint density at radius 1 is 1.06 bits per heavy atom. The number of sulfonamides is 1. The van der Waals surface area contributed by atoms with Crippen molar-refractivity contribution in [1.82, 2.24) is 4.31 Å². The molecule has 0 radical (unpaired) electrons. The first-order valence-corrected chi connectivity index (χ1v) is 7.10. The van der Waals surface area contributed by atoms with E-state index in [1.54, 1.807) is 6.07 Å². The lowest BCUT2D eigenvalue weighted by Gasteiger charge is -2.26. The molecule has 0 saturated carbocycles. The van der Waals surface area contributed by atoms with Crippen molar-refractivity contribution >= 4 is 10.0 Å². The van der Waals surface area contributed by atoms with Gasteiger partial charge in [0.25, 0.3) is 0 Å². The fourth-order valence-electron chi connectivity index (χ4n) is 1.39. The van der Waals surface area contributed by atoms with Crippen LogP contribution in [0.3, 0.4) is 0 Å². The maximum absolute atomic E-state index is 12.0. The molecule has 94 valence electrons. The lowest BCUT2D eigenvalue weighted by atomic mass is 10.2. The average Bonchev–Trinajstić information content (AvgIpc) is 2.13. The van der Waals surface area contributed by atoms with E-state index >= 15 is 0 Å². The normalized spacial score (nSPS) is 14.4. The molecular formula is C11H22N2O2S. The van der Waals surface area contributed by atoms with Gasteiger partial charge in [0.05, 0.1) is 6.07 Å². The van der Waals surface area contributed by atoms with Crippen molar-refractivity contribution in [3.8, 4) is 6.07 Å². The summed E-state index contributed by atoms with van der Waals surface area (Å²) in [5.41, 5.74) is 0. The molecule has 1 unspecified atom stereocenters. The number of rotatable bonds is 6. The maximum Gasteiger partial charge on any atom is 0.230 e. The van der Waals surface area contributed by atoms with Gasteiger partial charge in [-0.2, -0.15) is 5.26 Å². The molecule has 0 N–H and O–H groups in total. The summed E-state index contributed by atoms with van der Waals surface area (Å²) in [7, 11) is -3.47. The third kappa shape index (κ3) is 4.50. The van der Waals surface area contributed by atoms with E-state index in [1.807, 2.05) is 27.7 Å². The molecule has 0 spiro atoms. The molecule has 0 saturated heterocycles. The second-order valence-electron chi connectivity index (χ2n) is 4.92. The minimum Gasteiger partial charge on any atom is -0.211 e. The first-order valence-electron chi connectivity index (χ1n) is 5.60. The van der Waals surface area contributed by atoms with Crippen LogP contribution >= 0.6 is 0 Å². The lowest BCUT2D eigenvalue weighted by molar-refractivity contribution is 0.332. The summed E-state index contributed by atoms with van der Waals surface area (Å²) in [5, 5.41) is 7.76. The van der Waals surface area contributed by atoms with E-state index in [9.17, 15) is 8.42 Å². The van der Waals surface area contributed by atoms with Crippen molar-refractivity contribution in [2.75, 3.05) is 13.1 Å². The molecule has 0 aromatic heterocycles. The Balaban J connectivity index is 4.96. The van der Waals surface area contributed by atoms with Gasteiger partial charge in [-0.25, -0.2) is 12.7 Å². The van der Waals surface area contributed by atoms with Gasteiger partial charge in [0.1, 0.15) is 0 Å². The van der Waals surface area contributed by atoms with Crippen molar-refractivity contribution in [1.29, 1.82) is 5.26 Å². The lowest BCUT2D eigenvalue weighted by Crippen LogP contribution is -2.41. The zero-order chi connectivity index (χ0) is 12.9. The molecule has 0 heterocycles. The quantitative estimate of drug-likeness (QED) is 0.718. The van der Waals surface area contributed by atoms with E-state index in [0.29, 0.717) is 13.1 Å². The van der Waals surface area contributed by atoms with Gasteiger partial charge >= 0.3 is 0 Å². The minimum atomic E-state index is -3.47. The highest BCUT2D eigenvalue weighted by Crippen LogP contribution is 2.13. The van der Waals surface area contributed by atoms with Crippen LogP contribution in [0.4, 0.5) is 0 Å². The summed E-state index contributed by atoms with van der Waals surface area (Å²) in [6, 6.07) is 1.80. The highest BCUT2D eigenvalue weighted by molar-refractivity contribution is 7.89. The van der Waals surface area contributed by atoms with Crippen LogP contribution in [0, 0.1) is 23.2 Å². The van der Waals surface area contributed by atoms with Crippen molar-refractivity contribution in [2.24, 2.45) is 11.8 Å². The van der Waals surface area contributed by atoms with E-state index < -0.39 is 15.3 Å². The molecule has 0 aromatic rings. The second kappa shape index (κ2) is 6.21. The fourth-order valence-corrected chi connectivity index (χ4v) is 2.98. The van der Waals surface area contributed by atoms with Crippen molar-refractivity contribution in [2.45, 2.75) is 39.9 Å². The van der Waals surface area contributed by atoms with E-state index in [2.05, 4.69) is 0 Å². The van der Waals surface area contributed by atoms with Crippen LogP contribution in [0.1, 0.15) is 34.6 Å². The summed E-state index contributed by atoms with van der Waals surface area (Å²) in [6.07, 6.45) is 0. The molecule has 0 aliphatic heterocycles. The van der Waals surface area contributed by atoms with Gasteiger partial charge in [-0.05, 0) is 18.8 Å². The Kier molecular flexibility index (Phi) is 5.98. The Morgan fingerprint density at radius 3 is 1.69 bits per heavy atom. The van der Waals surface area contributed by atoms with Crippen molar-refractivity contribution < 1.29 is 8.42 Å². The largest absolute Gasteiger partial charge is 0.230 e. The van der Waals surface area contributed by atoms with E-state index in [0.717, 1.165) is 0 Å². The van der Waals surface area contributed by atoms with Gasteiger partial charge in [0, 0.05) is 13.1 Å². The summed E-state index contributed by atoms with van der Waals surface area (Å²) in [4.78, 5) is 0. The topological polar surface area (TPSA) is 61.2 Å². The Labute approximate surface area is 99.3 Å². The SMILES string of the molecule is CC(C)CN(CC(C)C)S(=O)(=O)C(C)C#N. The third-order valence-corrected chi connectivity index (χ3v) is 4.14. The number of nitriles is 1. The number of hydrogen-bond donors (Lipinski definition) is 0. The Morgan fingerprint density at radius 2 is 1.44 bits per heavy atom. The van der Waals surface area contributed by atoms with Crippen LogP contribution in [-0.2, 0) is 10.0 Å². The third-order valence-electron chi connectivity index (χ3n) is 2.13. The molecule has 0 rings (SSSR count). The van der Waals surface area contributed by atoms with Gasteiger partial charge in [0.2, 0.25) is 10.0 Å². The Bertz CT molecular complexity index is 331. The highest BCUT2D eigenvalue weighted by Gasteiger charge is 2.29. The molecule has 16 heavy (non-hydrogen) atoms. The smallest absolute Gasteiger partial charge is 0.211 e. The average molecular weight is 246 g/mol. The number of nitrogens with zero attached hydrogens (tertiary/aromatic N) is 2. The molecule has 0 fully saturated rings. The molecule has 0 amide bonds. The molecule has 0 aliphatic rings. The standard InChI is InChI=1S/C11H22N2O2S/c1-9(2)7-13(8-10(3)4)16(14,15)11(5)6-12/h9-11H,7-8H2,1-5H3. The monoisotopic (exact) mass is 246 g/mol. The van der Waals surface area contributed by atoms with Gasteiger partial charge in [0.15, 0.2) is 5.25 Å². The van der Waals surface area contributed by atoms with Crippen molar-refractivity contribution in [3.63, 3.8) is 0 Å². The predicted octanol–water partition coefficient (Wildman–Crippen LogP) is 1.84. The summed E-state index contributed by atoms with van der Waals surface area (Å²) in [6.45, 7) is 10.3. The molecule has 0 aliphatic carbocycles. The zero-order valence-electron chi connectivity index (χ0n) is 10.8. The van der Waals surface area contributed by atoms with Gasteiger partial charge in [-0.3, -0.25) is 0 Å². The predicted molar refractivity (Wildman–Crippen MR) is 65.2 cm³/mol. The van der Waals surface area contributed by atoms with Crippen molar-refractivity contribution in [3.05, 3.63) is 0 Å². The molecule has 0 bridgehead atoms. The molecule has 5 heteroatoms. The maximum atomic E-state index is 12.0. The molecule has 0 aromatic carbocycles. The van der Waals surface area contributed by atoms with Crippen LogP contribution in [0.25, 0.3) is 0 Å². The summed E-state index contributed by atoms with van der Waals surface area (Å²) < 4.78 is 25.5. The summed E-state index contributed by atoms with van der Waals surface area (Å²) >= 11 is 0. The van der Waals surface area contributed by atoms with Crippen LogP contribution in [-0.4, -0.2) is 31.1 Å². The zero-order valence-corrected chi connectivity index (χ0v) is 11.6.